The fourth-order valence-electron chi connectivity index (χ4n) is 2.39. The summed E-state index contributed by atoms with van der Waals surface area (Å²) < 4.78 is 13.7. The van der Waals surface area contributed by atoms with E-state index in [1.165, 1.54) is 17.0 Å². The van der Waals surface area contributed by atoms with Crippen molar-refractivity contribution in [1.29, 1.82) is 0 Å². The largest absolute Gasteiger partial charge is 0.480 e. The Hall–Kier alpha value is -1.63. The fourth-order valence-corrected chi connectivity index (χ4v) is 2.63. The van der Waals surface area contributed by atoms with Gasteiger partial charge >= 0.3 is 12.0 Å². The molecule has 0 aliphatic carbocycles. The van der Waals surface area contributed by atoms with E-state index < -0.39 is 23.9 Å². The molecular formula is C14H16BrFN2O3. The zero-order valence-corrected chi connectivity index (χ0v) is 13.1. The molecule has 1 saturated heterocycles. The summed E-state index contributed by atoms with van der Waals surface area (Å²) in [5, 5.41) is 11.8. The van der Waals surface area contributed by atoms with Crippen LogP contribution in [0.2, 0.25) is 0 Å². The van der Waals surface area contributed by atoms with E-state index in [0.29, 0.717) is 23.1 Å². The van der Waals surface area contributed by atoms with Crippen LogP contribution in [-0.4, -0.2) is 34.6 Å². The van der Waals surface area contributed by atoms with Gasteiger partial charge in [0.2, 0.25) is 0 Å². The highest BCUT2D eigenvalue weighted by atomic mass is 79.9. The number of piperidine rings is 1. The summed E-state index contributed by atoms with van der Waals surface area (Å²) in [5.74, 6) is -1.24. The Morgan fingerprint density at radius 2 is 2.19 bits per heavy atom. The molecule has 2 N–H and O–H groups in total. The monoisotopic (exact) mass is 358 g/mol. The van der Waals surface area contributed by atoms with Crippen molar-refractivity contribution in [3.63, 3.8) is 0 Å². The second-order valence-electron chi connectivity index (χ2n) is 5.24. The average Bonchev–Trinajstić information content (AvgIpc) is 2.42. The number of amides is 2. The van der Waals surface area contributed by atoms with Gasteiger partial charge < -0.3 is 15.3 Å². The first-order valence-corrected chi connectivity index (χ1v) is 7.43. The van der Waals surface area contributed by atoms with Gasteiger partial charge in [-0.15, -0.1) is 0 Å². The number of hydrogen-bond acceptors (Lipinski definition) is 2. The molecule has 2 amide bonds. The molecule has 1 aliphatic rings. The Morgan fingerprint density at radius 1 is 1.48 bits per heavy atom. The number of carbonyl (C=O) groups is 2. The number of likely N-dealkylation sites (tertiary alicyclic amines) is 1. The fraction of sp³-hybridized carbons (Fsp3) is 0.429. The number of anilines is 1. The quantitative estimate of drug-likeness (QED) is 0.851. The van der Waals surface area contributed by atoms with Crippen molar-refractivity contribution in [2.24, 2.45) is 5.92 Å². The van der Waals surface area contributed by atoms with Crippen LogP contribution in [0, 0.1) is 11.7 Å². The van der Waals surface area contributed by atoms with E-state index in [0.717, 1.165) is 6.42 Å². The number of carboxylic acid groups (broad SMARTS) is 1. The van der Waals surface area contributed by atoms with Crippen LogP contribution < -0.4 is 5.32 Å². The number of urea groups is 1. The molecule has 1 aliphatic heterocycles. The van der Waals surface area contributed by atoms with Gasteiger partial charge in [-0.3, -0.25) is 0 Å². The van der Waals surface area contributed by atoms with Crippen molar-refractivity contribution >= 4 is 33.6 Å². The predicted molar refractivity (Wildman–Crippen MR) is 79.6 cm³/mol. The Morgan fingerprint density at radius 3 is 2.81 bits per heavy atom. The molecular weight excluding hydrogens is 343 g/mol. The minimum absolute atomic E-state index is 0.264. The molecule has 1 heterocycles. The van der Waals surface area contributed by atoms with Crippen molar-refractivity contribution in [2.45, 2.75) is 25.8 Å². The SMILES string of the molecule is CC1CCN(C(=O)Nc2ccc(Br)c(F)c2)C(C(=O)O)C1. The maximum absolute atomic E-state index is 13.4. The van der Waals surface area contributed by atoms with Crippen LogP contribution in [0.15, 0.2) is 22.7 Å². The minimum atomic E-state index is -1.02. The molecule has 7 heteroatoms. The molecule has 1 aromatic rings. The van der Waals surface area contributed by atoms with Gasteiger partial charge in [0.25, 0.3) is 0 Å². The lowest BCUT2D eigenvalue weighted by Gasteiger charge is -2.35. The van der Waals surface area contributed by atoms with Crippen molar-refractivity contribution in [2.75, 3.05) is 11.9 Å². The predicted octanol–water partition coefficient (Wildman–Crippen LogP) is 3.31. The van der Waals surface area contributed by atoms with Gasteiger partial charge in [0.1, 0.15) is 11.9 Å². The number of halogens is 2. The Labute approximate surface area is 130 Å². The van der Waals surface area contributed by atoms with Crippen molar-refractivity contribution < 1.29 is 19.1 Å². The summed E-state index contributed by atoms with van der Waals surface area (Å²) in [6.07, 6.45) is 1.18. The lowest BCUT2D eigenvalue weighted by molar-refractivity contribution is -0.143. The molecule has 1 fully saturated rings. The smallest absolute Gasteiger partial charge is 0.326 e. The van der Waals surface area contributed by atoms with Gasteiger partial charge in [-0.05, 0) is 52.9 Å². The normalized spacial score (nSPS) is 22.0. The molecule has 0 spiro atoms. The lowest BCUT2D eigenvalue weighted by atomic mass is 9.93. The number of nitrogens with zero attached hydrogens (tertiary/aromatic N) is 1. The number of carboxylic acids is 1. The third-order valence-corrected chi connectivity index (χ3v) is 4.22. The highest BCUT2D eigenvalue weighted by Gasteiger charge is 2.34. The van der Waals surface area contributed by atoms with E-state index in [1.54, 1.807) is 6.07 Å². The van der Waals surface area contributed by atoms with Gasteiger partial charge in [-0.1, -0.05) is 6.92 Å². The van der Waals surface area contributed by atoms with E-state index in [2.05, 4.69) is 21.2 Å². The van der Waals surface area contributed by atoms with E-state index in [9.17, 15) is 19.1 Å². The molecule has 0 bridgehead atoms. The molecule has 0 radical (unpaired) electrons. The van der Waals surface area contributed by atoms with Crippen LogP contribution in [0.3, 0.4) is 0 Å². The van der Waals surface area contributed by atoms with Crippen LogP contribution in [0.1, 0.15) is 19.8 Å². The average molecular weight is 359 g/mol. The molecule has 2 unspecified atom stereocenters. The summed E-state index contributed by atoms with van der Waals surface area (Å²) in [4.78, 5) is 24.8. The Kier molecular flexibility index (Phi) is 4.82. The number of nitrogens with one attached hydrogen (secondary N) is 1. The number of rotatable bonds is 2. The molecule has 1 aromatic carbocycles. The zero-order valence-electron chi connectivity index (χ0n) is 11.5. The van der Waals surface area contributed by atoms with Crippen molar-refractivity contribution in [3.05, 3.63) is 28.5 Å². The number of hydrogen-bond donors (Lipinski definition) is 2. The molecule has 2 rings (SSSR count). The molecule has 21 heavy (non-hydrogen) atoms. The molecule has 5 nitrogen and oxygen atoms in total. The summed E-state index contributed by atoms with van der Waals surface area (Å²) in [6, 6.07) is 2.86. The maximum atomic E-state index is 13.4. The summed E-state index contributed by atoms with van der Waals surface area (Å²) in [7, 11) is 0. The zero-order chi connectivity index (χ0) is 15.6. The van der Waals surface area contributed by atoms with Gasteiger partial charge in [-0.2, -0.15) is 0 Å². The maximum Gasteiger partial charge on any atom is 0.326 e. The van der Waals surface area contributed by atoms with Gasteiger partial charge in [-0.25, -0.2) is 14.0 Å². The van der Waals surface area contributed by atoms with Crippen LogP contribution in [0.25, 0.3) is 0 Å². The van der Waals surface area contributed by atoms with Gasteiger partial charge in [0.05, 0.1) is 4.47 Å². The molecule has 0 saturated carbocycles. The number of benzene rings is 1. The third-order valence-electron chi connectivity index (χ3n) is 3.58. The first-order chi connectivity index (χ1) is 9.88. The highest BCUT2D eigenvalue weighted by Crippen LogP contribution is 2.24. The van der Waals surface area contributed by atoms with Crippen LogP contribution in [0.4, 0.5) is 14.9 Å². The molecule has 114 valence electrons. The summed E-state index contributed by atoms with van der Waals surface area (Å²) >= 11 is 3.03. The van der Waals surface area contributed by atoms with Crippen LogP contribution >= 0.6 is 15.9 Å². The third kappa shape index (κ3) is 3.72. The summed E-state index contributed by atoms with van der Waals surface area (Å²) in [5.41, 5.74) is 0.295. The van der Waals surface area contributed by atoms with Gasteiger partial charge in [0.15, 0.2) is 0 Å². The number of carbonyl (C=O) groups excluding carboxylic acids is 1. The van der Waals surface area contributed by atoms with Crippen LogP contribution in [0.5, 0.6) is 0 Å². The van der Waals surface area contributed by atoms with Gasteiger partial charge in [0, 0.05) is 12.2 Å². The Balaban J connectivity index is 2.10. The summed E-state index contributed by atoms with van der Waals surface area (Å²) in [6.45, 7) is 2.35. The first kappa shape index (κ1) is 15.8. The first-order valence-electron chi connectivity index (χ1n) is 6.64. The molecule has 0 aromatic heterocycles. The second kappa shape index (κ2) is 6.43. The molecule has 2 atom stereocenters. The minimum Gasteiger partial charge on any atom is -0.480 e. The number of aliphatic carboxylic acids is 1. The van der Waals surface area contributed by atoms with Crippen LogP contribution in [-0.2, 0) is 4.79 Å². The standard InChI is InChI=1S/C14H16BrFN2O3/c1-8-4-5-18(12(6-8)13(19)20)14(21)17-9-2-3-10(15)11(16)7-9/h2-3,7-8,12H,4-6H2,1H3,(H,17,21)(H,19,20). The van der Waals surface area contributed by atoms with E-state index in [4.69, 9.17) is 0 Å². The second-order valence-corrected chi connectivity index (χ2v) is 6.09. The lowest BCUT2D eigenvalue weighted by Crippen LogP contribution is -2.51. The topological polar surface area (TPSA) is 69.6 Å². The van der Waals surface area contributed by atoms with Crippen molar-refractivity contribution in [1.82, 2.24) is 4.90 Å². The Bertz CT molecular complexity index is 567. The highest BCUT2D eigenvalue weighted by molar-refractivity contribution is 9.10. The van der Waals surface area contributed by atoms with E-state index in [1.807, 2.05) is 6.92 Å². The van der Waals surface area contributed by atoms with E-state index >= 15 is 0 Å². The van der Waals surface area contributed by atoms with E-state index in [-0.39, 0.29) is 5.92 Å². The van der Waals surface area contributed by atoms with Crippen molar-refractivity contribution in [3.8, 4) is 0 Å².